The molecule has 0 aliphatic heterocycles. The fourth-order valence-corrected chi connectivity index (χ4v) is 1.64. The van der Waals surface area contributed by atoms with Crippen LogP contribution in [0.5, 0.6) is 5.75 Å². The van der Waals surface area contributed by atoms with Crippen LogP contribution in [-0.2, 0) is 12.8 Å². The number of phenols is 1. The third-order valence-corrected chi connectivity index (χ3v) is 2.15. The number of halogens is 1. The van der Waals surface area contributed by atoms with Crippen molar-refractivity contribution in [2.75, 3.05) is 0 Å². The molecule has 1 aliphatic carbocycles. The van der Waals surface area contributed by atoms with Crippen LogP contribution in [0.2, 0.25) is 0 Å². The lowest BCUT2D eigenvalue weighted by Crippen LogP contribution is -2.18. The van der Waals surface area contributed by atoms with Crippen molar-refractivity contribution in [3.63, 3.8) is 0 Å². The molecule has 2 nitrogen and oxygen atoms in total. The quantitative estimate of drug-likeness (QED) is 0.639. The SMILES string of the molecule is Cl.NC1Cc2ccc(O)cc2C1. The number of aromatic hydroxyl groups is 1. The number of phenolic OH excluding ortho intramolecular Hbond substituents is 1. The van der Waals surface area contributed by atoms with Gasteiger partial charge in [-0.15, -0.1) is 12.4 Å². The minimum Gasteiger partial charge on any atom is -0.508 e. The number of rotatable bonds is 0. The maximum absolute atomic E-state index is 9.14. The predicted octanol–water partition coefficient (Wildman–Crippen LogP) is 1.24. The first kappa shape index (κ1) is 9.36. The number of benzene rings is 1. The molecule has 0 saturated heterocycles. The Labute approximate surface area is 77.8 Å². The van der Waals surface area contributed by atoms with Crippen LogP contribution in [0.3, 0.4) is 0 Å². The summed E-state index contributed by atoms with van der Waals surface area (Å²) < 4.78 is 0. The van der Waals surface area contributed by atoms with E-state index in [1.54, 1.807) is 6.07 Å². The van der Waals surface area contributed by atoms with Gasteiger partial charge in [0.1, 0.15) is 5.75 Å². The predicted molar refractivity (Wildman–Crippen MR) is 50.7 cm³/mol. The number of nitrogens with two attached hydrogens (primary N) is 1. The lowest BCUT2D eigenvalue weighted by Gasteiger charge is -1.97. The first-order chi connectivity index (χ1) is 5.25. The molecule has 66 valence electrons. The minimum atomic E-state index is 0. The highest BCUT2D eigenvalue weighted by Gasteiger charge is 2.17. The first-order valence-corrected chi connectivity index (χ1v) is 3.82. The Morgan fingerprint density at radius 2 is 1.92 bits per heavy atom. The monoisotopic (exact) mass is 185 g/mol. The summed E-state index contributed by atoms with van der Waals surface area (Å²) in [6.45, 7) is 0. The molecule has 3 N–H and O–H groups in total. The van der Waals surface area contributed by atoms with Gasteiger partial charge in [-0.2, -0.15) is 0 Å². The second-order valence-corrected chi connectivity index (χ2v) is 3.12. The Hall–Kier alpha value is -0.730. The van der Waals surface area contributed by atoms with Gasteiger partial charge in [0.15, 0.2) is 0 Å². The molecule has 0 amide bonds. The molecular weight excluding hydrogens is 174 g/mol. The van der Waals surface area contributed by atoms with Crippen LogP contribution >= 0.6 is 12.4 Å². The standard InChI is InChI=1S/C9H11NO.ClH/c10-8-3-6-1-2-9(11)5-7(6)4-8;/h1-2,5,8,11H,3-4,10H2;1H. The summed E-state index contributed by atoms with van der Waals surface area (Å²) in [5, 5.41) is 9.14. The molecule has 1 aromatic carbocycles. The molecule has 0 saturated carbocycles. The highest BCUT2D eigenvalue weighted by Crippen LogP contribution is 2.24. The molecule has 1 atom stereocenters. The Bertz CT molecular complexity index is 288. The van der Waals surface area contributed by atoms with Crippen molar-refractivity contribution in [3.05, 3.63) is 29.3 Å². The molecule has 0 bridgehead atoms. The van der Waals surface area contributed by atoms with E-state index in [-0.39, 0.29) is 18.4 Å². The third kappa shape index (κ3) is 1.54. The van der Waals surface area contributed by atoms with Crippen LogP contribution in [0.25, 0.3) is 0 Å². The zero-order valence-electron chi connectivity index (χ0n) is 6.66. The van der Waals surface area contributed by atoms with Crippen LogP contribution in [0.1, 0.15) is 11.1 Å². The van der Waals surface area contributed by atoms with E-state index in [0.29, 0.717) is 5.75 Å². The normalized spacial score (nSPS) is 19.9. The molecule has 0 fully saturated rings. The molecule has 0 heterocycles. The van der Waals surface area contributed by atoms with Crippen molar-refractivity contribution in [2.24, 2.45) is 5.73 Å². The number of hydrogen-bond donors (Lipinski definition) is 2. The van der Waals surface area contributed by atoms with E-state index in [2.05, 4.69) is 0 Å². The third-order valence-electron chi connectivity index (χ3n) is 2.15. The first-order valence-electron chi connectivity index (χ1n) is 3.82. The van der Waals surface area contributed by atoms with Crippen LogP contribution in [0, 0.1) is 0 Å². The number of fused-ring (bicyclic) bond motifs is 1. The van der Waals surface area contributed by atoms with Gasteiger partial charge in [-0.25, -0.2) is 0 Å². The molecule has 1 aliphatic rings. The van der Waals surface area contributed by atoms with Crippen LogP contribution in [-0.4, -0.2) is 11.1 Å². The average molecular weight is 186 g/mol. The van der Waals surface area contributed by atoms with Gasteiger partial charge in [0, 0.05) is 6.04 Å². The summed E-state index contributed by atoms with van der Waals surface area (Å²) in [6.07, 6.45) is 1.86. The van der Waals surface area contributed by atoms with E-state index in [0.717, 1.165) is 12.8 Å². The molecule has 0 radical (unpaired) electrons. The molecular formula is C9H12ClNO. The second kappa shape index (κ2) is 3.33. The van der Waals surface area contributed by atoms with Crippen molar-refractivity contribution < 1.29 is 5.11 Å². The van der Waals surface area contributed by atoms with Crippen LogP contribution < -0.4 is 5.73 Å². The Morgan fingerprint density at radius 1 is 1.25 bits per heavy atom. The van der Waals surface area contributed by atoms with E-state index in [1.165, 1.54) is 11.1 Å². The van der Waals surface area contributed by atoms with Crippen molar-refractivity contribution in [1.82, 2.24) is 0 Å². The summed E-state index contributed by atoms with van der Waals surface area (Å²) >= 11 is 0. The maximum atomic E-state index is 9.14. The minimum absolute atomic E-state index is 0. The van der Waals surface area contributed by atoms with Gasteiger partial charge in [-0.1, -0.05) is 6.07 Å². The zero-order valence-corrected chi connectivity index (χ0v) is 7.47. The molecule has 2 rings (SSSR count). The zero-order chi connectivity index (χ0) is 7.84. The van der Waals surface area contributed by atoms with Crippen LogP contribution in [0.4, 0.5) is 0 Å². The van der Waals surface area contributed by atoms with Gasteiger partial charge in [0.25, 0.3) is 0 Å². The lowest BCUT2D eigenvalue weighted by molar-refractivity contribution is 0.474. The molecule has 12 heavy (non-hydrogen) atoms. The molecule has 1 unspecified atom stereocenters. The topological polar surface area (TPSA) is 46.2 Å². The van der Waals surface area contributed by atoms with Crippen molar-refractivity contribution in [2.45, 2.75) is 18.9 Å². The van der Waals surface area contributed by atoms with Crippen LogP contribution in [0.15, 0.2) is 18.2 Å². The van der Waals surface area contributed by atoms with Gasteiger partial charge < -0.3 is 10.8 Å². The van der Waals surface area contributed by atoms with E-state index in [4.69, 9.17) is 10.8 Å². The van der Waals surface area contributed by atoms with E-state index in [1.807, 2.05) is 12.1 Å². The summed E-state index contributed by atoms with van der Waals surface area (Å²) in [6, 6.07) is 5.74. The smallest absolute Gasteiger partial charge is 0.115 e. The largest absolute Gasteiger partial charge is 0.508 e. The molecule has 0 spiro atoms. The molecule has 1 aromatic rings. The Morgan fingerprint density at radius 3 is 2.67 bits per heavy atom. The van der Waals surface area contributed by atoms with E-state index >= 15 is 0 Å². The lowest BCUT2D eigenvalue weighted by atomic mass is 10.1. The van der Waals surface area contributed by atoms with Gasteiger partial charge in [0.2, 0.25) is 0 Å². The highest BCUT2D eigenvalue weighted by atomic mass is 35.5. The summed E-state index contributed by atoms with van der Waals surface area (Å²) in [5.41, 5.74) is 8.25. The Balaban J connectivity index is 0.000000720. The summed E-state index contributed by atoms with van der Waals surface area (Å²) in [5.74, 6) is 0.345. The van der Waals surface area contributed by atoms with E-state index in [9.17, 15) is 0 Å². The Kier molecular flexibility index (Phi) is 2.60. The maximum Gasteiger partial charge on any atom is 0.115 e. The molecule has 3 heteroatoms. The van der Waals surface area contributed by atoms with Gasteiger partial charge in [-0.3, -0.25) is 0 Å². The second-order valence-electron chi connectivity index (χ2n) is 3.12. The average Bonchev–Trinajstić information content (AvgIpc) is 2.27. The summed E-state index contributed by atoms with van der Waals surface area (Å²) in [4.78, 5) is 0. The van der Waals surface area contributed by atoms with Crippen molar-refractivity contribution in [1.29, 1.82) is 0 Å². The van der Waals surface area contributed by atoms with Crippen molar-refractivity contribution >= 4 is 12.4 Å². The van der Waals surface area contributed by atoms with E-state index < -0.39 is 0 Å². The van der Waals surface area contributed by atoms with Gasteiger partial charge >= 0.3 is 0 Å². The highest BCUT2D eigenvalue weighted by molar-refractivity contribution is 5.85. The van der Waals surface area contributed by atoms with Gasteiger partial charge in [0.05, 0.1) is 0 Å². The van der Waals surface area contributed by atoms with Gasteiger partial charge in [-0.05, 0) is 36.1 Å². The fourth-order valence-electron chi connectivity index (χ4n) is 1.64. The van der Waals surface area contributed by atoms with Crippen molar-refractivity contribution in [3.8, 4) is 5.75 Å². The summed E-state index contributed by atoms with van der Waals surface area (Å²) in [7, 11) is 0. The fraction of sp³-hybridized carbons (Fsp3) is 0.333. The number of hydrogen-bond acceptors (Lipinski definition) is 2. The molecule has 0 aromatic heterocycles.